The van der Waals surface area contributed by atoms with E-state index in [4.69, 9.17) is 18.9 Å². The number of hydrogen-bond donors (Lipinski definition) is 4. The molecule has 0 radical (unpaired) electrons. The highest BCUT2D eigenvalue weighted by Crippen LogP contribution is 2.35. The smallest absolute Gasteiger partial charge is 0.187 e. The Morgan fingerprint density at radius 1 is 1.08 bits per heavy atom. The Morgan fingerprint density at radius 2 is 1.84 bits per heavy atom. The lowest BCUT2D eigenvalue weighted by Gasteiger charge is -2.31. The summed E-state index contributed by atoms with van der Waals surface area (Å²) in [5, 5.41) is 33.7. The van der Waals surface area contributed by atoms with E-state index in [-0.39, 0.29) is 12.6 Å². The van der Waals surface area contributed by atoms with Crippen LogP contribution >= 0.6 is 0 Å². The number of rotatable bonds is 2. The molecule has 3 saturated heterocycles. The highest BCUT2D eigenvalue weighted by molar-refractivity contribution is 5.30. The van der Waals surface area contributed by atoms with Crippen molar-refractivity contribution in [3.05, 3.63) is 29.8 Å². The Labute approximate surface area is 145 Å². The van der Waals surface area contributed by atoms with Gasteiger partial charge in [0, 0.05) is 6.54 Å². The van der Waals surface area contributed by atoms with Gasteiger partial charge < -0.3 is 39.6 Å². The van der Waals surface area contributed by atoms with Crippen LogP contribution < -0.4 is 10.1 Å². The van der Waals surface area contributed by atoms with E-state index < -0.39 is 42.9 Å². The van der Waals surface area contributed by atoms with Gasteiger partial charge in [0.15, 0.2) is 6.29 Å². The minimum atomic E-state index is -1.17. The van der Waals surface area contributed by atoms with Crippen molar-refractivity contribution in [2.75, 3.05) is 20.3 Å². The molecule has 0 spiro atoms. The van der Waals surface area contributed by atoms with E-state index >= 15 is 0 Å². The van der Waals surface area contributed by atoms with Crippen molar-refractivity contribution in [1.82, 2.24) is 5.32 Å². The van der Waals surface area contributed by atoms with Gasteiger partial charge in [-0.05, 0) is 17.7 Å². The van der Waals surface area contributed by atoms with Crippen molar-refractivity contribution >= 4 is 0 Å². The van der Waals surface area contributed by atoms with Crippen LogP contribution in [0.2, 0.25) is 0 Å². The first-order chi connectivity index (χ1) is 12.1. The summed E-state index contributed by atoms with van der Waals surface area (Å²) in [6.07, 6.45) is -5.73. The van der Waals surface area contributed by atoms with Crippen LogP contribution in [-0.4, -0.2) is 78.4 Å². The molecule has 4 N–H and O–H groups in total. The van der Waals surface area contributed by atoms with E-state index in [0.717, 1.165) is 11.3 Å². The first-order valence-corrected chi connectivity index (χ1v) is 8.42. The number of fused-ring (bicyclic) bond motifs is 3. The second-order valence-corrected chi connectivity index (χ2v) is 6.65. The van der Waals surface area contributed by atoms with Gasteiger partial charge in [0.25, 0.3) is 0 Å². The molecule has 8 nitrogen and oxygen atoms in total. The van der Waals surface area contributed by atoms with E-state index in [1.807, 2.05) is 24.3 Å². The van der Waals surface area contributed by atoms with Gasteiger partial charge in [0.1, 0.15) is 36.3 Å². The first kappa shape index (κ1) is 17.2. The molecule has 2 bridgehead atoms. The van der Waals surface area contributed by atoms with Crippen LogP contribution in [0.15, 0.2) is 24.3 Å². The summed E-state index contributed by atoms with van der Waals surface area (Å²) in [4.78, 5) is 0. The van der Waals surface area contributed by atoms with E-state index in [1.165, 1.54) is 0 Å². The molecule has 1 aromatic carbocycles. The molecule has 0 saturated carbocycles. The zero-order valence-electron chi connectivity index (χ0n) is 13.8. The predicted octanol–water partition coefficient (Wildman–Crippen LogP) is -1.07. The van der Waals surface area contributed by atoms with E-state index in [9.17, 15) is 15.3 Å². The topological polar surface area (TPSA) is 110 Å². The van der Waals surface area contributed by atoms with Gasteiger partial charge in [-0.1, -0.05) is 12.1 Å². The van der Waals surface area contributed by atoms with Crippen molar-refractivity contribution in [2.45, 2.75) is 49.0 Å². The lowest BCUT2D eigenvalue weighted by molar-refractivity contribution is -0.203. The SMILES string of the molecule is COc1ccc([C@@H]2OC[C@H]3O[C@H](O[C@H]4[C@H]2NC[C@@H]4O)[C@H](O)[C@H]3O)cc1. The third-order valence-electron chi connectivity index (χ3n) is 5.12. The normalized spacial score (nSPS) is 43.8. The van der Waals surface area contributed by atoms with Crippen LogP contribution in [-0.2, 0) is 14.2 Å². The highest BCUT2D eigenvalue weighted by Gasteiger charge is 2.51. The number of aliphatic hydroxyl groups is 3. The van der Waals surface area contributed by atoms with Crippen LogP contribution in [0.3, 0.4) is 0 Å². The minimum Gasteiger partial charge on any atom is -0.497 e. The average Bonchev–Trinajstić information content (AvgIpc) is 3.14. The van der Waals surface area contributed by atoms with Gasteiger partial charge >= 0.3 is 0 Å². The molecule has 3 fully saturated rings. The Morgan fingerprint density at radius 3 is 2.56 bits per heavy atom. The van der Waals surface area contributed by atoms with Crippen LogP contribution in [0.5, 0.6) is 5.75 Å². The molecule has 1 aromatic rings. The molecule has 8 atom stereocenters. The quantitative estimate of drug-likeness (QED) is 0.532. The molecule has 25 heavy (non-hydrogen) atoms. The van der Waals surface area contributed by atoms with Gasteiger partial charge in [-0.2, -0.15) is 0 Å². The number of ether oxygens (including phenoxy) is 4. The fourth-order valence-electron chi connectivity index (χ4n) is 3.70. The molecule has 0 amide bonds. The Bertz CT molecular complexity index is 597. The van der Waals surface area contributed by atoms with Crippen molar-refractivity contribution in [3.63, 3.8) is 0 Å². The van der Waals surface area contributed by atoms with Crippen LogP contribution in [0.4, 0.5) is 0 Å². The summed E-state index contributed by atoms with van der Waals surface area (Å²) in [7, 11) is 1.60. The highest BCUT2D eigenvalue weighted by atomic mass is 16.7. The molecular formula is C17H23NO7. The number of β-amino-alcohol motifs (C(OH)–C–C–N with tert-alkyl or cyclic N) is 1. The lowest BCUT2D eigenvalue weighted by Crippen LogP contribution is -2.46. The zero-order valence-corrected chi connectivity index (χ0v) is 13.8. The van der Waals surface area contributed by atoms with Crippen molar-refractivity contribution < 1.29 is 34.3 Å². The number of nitrogens with one attached hydrogen (secondary N) is 1. The standard InChI is InChI=1S/C17H23NO7/c1-22-9-4-2-8(3-5-9)15-12-16(10(19)6-18-12)25-17-14(21)13(20)11(24-17)7-23-15/h2-5,10-21H,6-7H2,1H3/t10-,11+,12-,13-,14+,15-,16+,17+/m0/s1. The molecule has 3 heterocycles. The summed E-state index contributed by atoms with van der Waals surface area (Å²) >= 11 is 0. The molecule has 0 aromatic heterocycles. The fraction of sp³-hybridized carbons (Fsp3) is 0.647. The van der Waals surface area contributed by atoms with Crippen LogP contribution in [0.1, 0.15) is 11.7 Å². The van der Waals surface area contributed by atoms with E-state index in [0.29, 0.717) is 6.54 Å². The molecule has 0 unspecified atom stereocenters. The maximum atomic E-state index is 10.3. The third kappa shape index (κ3) is 3.04. The molecule has 3 aliphatic heterocycles. The number of benzene rings is 1. The molecule has 4 rings (SSSR count). The lowest BCUT2D eigenvalue weighted by atomic mass is 9.97. The van der Waals surface area contributed by atoms with Gasteiger partial charge in [0.2, 0.25) is 0 Å². The maximum Gasteiger partial charge on any atom is 0.187 e. The van der Waals surface area contributed by atoms with Gasteiger partial charge in [-0.3, -0.25) is 0 Å². The van der Waals surface area contributed by atoms with Crippen LogP contribution in [0, 0.1) is 0 Å². The summed E-state index contributed by atoms with van der Waals surface area (Å²) in [5.41, 5.74) is 0.897. The van der Waals surface area contributed by atoms with E-state index in [1.54, 1.807) is 7.11 Å². The van der Waals surface area contributed by atoms with Gasteiger partial charge in [-0.15, -0.1) is 0 Å². The second-order valence-electron chi connectivity index (χ2n) is 6.65. The zero-order chi connectivity index (χ0) is 17.6. The summed E-state index contributed by atoms with van der Waals surface area (Å²) in [6, 6.07) is 7.17. The monoisotopic (exact) mass is 353 g/mol. The van der Waals surface area contributed by atoms with Crippen molar-refractivity contribution in [3.8, 4) is 5.75 Å². The van der Waals surface area contributed by atoms with Crippen LogP contribution in [0.25, 0.3) is 0 Å². The molecule has 0 aliphatic carbocycles. The molecular weight excluding hydrogens is 330 g/mol. The van der Waals surface area contributed by atoms with Gasteiger partial charge in [-0.25, -0.2) is 0 Å². The minimum absolute atomic E-state index is 0.107. The second kappa shape index (κ2) is 6.81. The Balaban J connectivity index is 1.64. The predicted molar refractivity (Wildman–Crippen MR) is 85.0 cm³/mol. The Kier molecular flexibility index (Phi) is 4.67. The fourth-order valence-corrected chi connectivity index (χ4v) is 3.70. The maximum absolute atomic E-state index is 10.3. The largest absolute Gasteiger partial charge is 0.497 e. The summed E-state index contributed by atoms with van der Waals surface area (Å²) in [5.74, 6) is 0.736. The molecule has 3 aliphatic rings. The number of methoxy groups -OCH3 is 1. The van der Waals surface area contributed by atoms with Crippen molar-refractivity contribution in [1.29, 1.82) is 0 Å². The first-order valence-electron chi connectivity index (χ1n) is 8.42. The molecule has 138 valence electrons. The van der Waals surface area contributed by atoms with Gasteiger partial charge in [0.05, 0.1) is 25.9 Å². The summed E-state index contributed by atoms with van der Waals surface area (Å²) in [6.45, 7) is 0.454. The summed E-state index contributed by atoms with van der Waals surface area (Å²) < 4.78 is 22.6. The molecule has 8 heteroatoms. The third-order valence-corrected chi connectivity index (χ3v) is 5.12. The number of aliphatic hydroxyl groups excluding tert-OH is 3. The van der Waals surface area contributed by atoms with Crippen molar-refractivity contribution in [2.24, 2.45) is 0 Å². The average molecular weight is 353 g/mol. The Hall–Kier alpha value is -1.26. The number of hydrogen-bond acceptors (Lipinski definition) is 8. The van der Waals surface area contributed by atoms with E-state index in [2.05, 4.69) is 5.32 Å².